The third-order valence-electron chi connectivity index (χ3n) is 3.69. The molecule has 1 saturated carbocycles. The zero-order valence-electron chi connectivity index (χ0n) is 9.96. The average molecular weight is 272 g/mol. The second-order valence-corrected chi connectivity index (χ2v) is 5.77. The molecule has 0 heterocycles. The van der Waals surface area contributed by atoms with Gasteiger partial charge in [-0.3, -0.25) is 0 Å². The maximum Gasteiger partial charge on any atom is 0.0640 e. The lowest BCUT2D eigenvalue weighted by molar-refractivity contribution is 0.319. The van der Waals surface area contributed by atoms with Crippen molar-refractivity contribution in [1.29, 1.82) is 0 Å². The van der Waals surface area contributed by atoms with Gasteiger partial charge in [-0.2, -0.15) is 0 Å². The first-order valence-electron chi connectivity index (χ1n) is 6.38. The van der Waals surface area contributed by atoms with Crippen LogP contribution in [0.2, 0.25) is 10.0 Å². The van der Waals surface area contributed by atoms with Gasteiger partial charge < -0.3 is 5.73 Å². The molecule has 2 rings (SSSR count). The second-order valence-electron chi connectivity index (χ2n) is 4.99. The molecule has 1 unspecified atom stereocenters. The molecule has 1 aliphatic carbocycles. The predicted octanol–water partition coefficient (Wildman–Crippen LogP) is 4.96. The summed E-state index contributed by atoms with van der Waals surface area (Å²) in [4.78, 5) is 0. The van der Waals surface area contributed by atoms with E-state index in [0.717, 1.165) is 17.9 Å². The molecule has 0 aromatic heterocycles. The zero-order chi connectivity index (χ0) is 12.3. The van der Waals surface area contributed by atoms with Crippen molar-refractivity contribution in [1.82, 2.24) is 0 Å². The van der Waals surface area contributed by atoms with Gasteiger partial charge in [-0.1, -0.05) is 67.4 Å². The van der Waals surface area contributed by atoms with Crippen LogP contribution in [0.1, 0.15) is 50.1 Å². The van der Waals surface area contributed by atoms with Crippen molar-refractivity contribution < 1.29 is 0 Å². The topological polar surface area (TPSA) is 26.0 Å². The number of rotatable bonds is 3. The van der Waals surface area contributed by atoms with E-state index in [0.29, 0.717) is 10.0 Å². The molecule has 17 heavy (non-hydrogen) atoms. The third-order valence-corrected chi connectivity index (χ3v) is 4.53. The molecule has 3 heteroatoms. The highest BCUT2D eigenvalue weighted by Gasteiger charge is 2.19. The van der Waals surface area contributed by atoms with Crippen molar-refractivity contribution in [3.8, 4) is 0 Å². The minimum absolute atomic E-state index is 0.0179. The van der Waals surface area contributed by atoms with Crippen LogP contribution in [0.25, 0.3) is 0 Å². The van der Waals surface area contributed by atoms with Gasteiger partial charge in [0.25, 0.3) is 0 Å². The van der Waals surface area contributed by atoms with Gasteiger partial charge in [0.15, 0.2) is 0 Å². The number of hydrogen-bond donors (Lipinski definition) is 1. The highest BCUT2D eigenvalue weighted by Crippen LogP contribution is 2.35. The predicted molar refractivity (Wildman–Crippen MR) is 74.6 cm³/mol. The van der Waals surface area contributed by atoms with Crippen molar-refractivity contribution in [2.24, 2.45) is 11.7 Å². The lowest BCUT2D eigenvalue weighted by Crippen LogP contribution is -2.17. The summed E-state index contributed by atoms with van der Waals surface area (Å²) in [6, 6.07) is 5.73. The summed E-state index contributed by atoms with van der Waals surface area (Å²) in [7, 11) is 0. The maximum absolute atomic E-state index is 6.25. The van der Waals surface area contributed by atoms with Gasteiger partial charge in [-0.15, -0.1) is 0 Å². The smallest absolute Gasteiger partial charge is 0.0640 e. The Morgan fingerprint density at radius 1 is 1.18 bits per heavy atom. The summed E-state index contributed by atoms with van der Waals surface area (Å²) in [5.41, 5.74) is 7.24. The molecule has 0 bridgehead atoms. The number of hydrogen-bond acceptors (Lipinski definition) is 1. The van der Waals surface area contributed by atoms with E-state index >= 15 is 0 Å². The summed E-state index contributed by atoms with van der Waals surface area (Å²) < 4.78 is 0. The summed E-state index contributed by atoms with van der Waals surface area (Å²) >= 11 is 12.2. The monoisotopic (exact) mass is 271 g/mol. The van der Waals surface area contributed by atoms with E-state index in [2.05, 4.69) is 0 Å². The zero-order valence-corrected chi connectivity index (χ0v) is 11.5. The van der Waals surface area contributed by atoms with Gasteiger partial charge >= 0.3 is 0 Å². The van der Waals surface area contributed by atoms with Crippen LogP contribution in [0.15, 0.2) is 18.2 Å². The van der Waals surface area contributed by atoms with Crippen molar-refractivity contribution in [2.75, 3.05) is 0 Å². The van der Waals surface area contributed by atoms with Crippen LogP contribution >= 0.6 is 23.2 Å². The molecule has 0 radical (unpaired) electrons. The van der Waals surface area contributed by atoms with Gasteiger partial charge in [-0.25, -0.2) is 0 Å². The van der Waals surface area contributed by atoms with E-state index in [4.69, 9.17) is 28.9 Å². The van der Waals surface area contributed by atoms with E-state index in [1.54, 1.807) is 6.07 Å². The maximum atomic E-state index is 6.25. The average Bonchev–Trinajstić information content (AvgIpc) is 2.34. The van der Waals surface area contributed by atoms with E-state index in [1.807, 2.05) is 12.1 Å². The number of benzene rings is 1. The lowest BCUT2D eigenvalue weighted by Gasteiger charge is -2.25. The van der Waals surface area contributed by atoms with Crippen molar-refractivity contribution in [2.45, 2.75) is 44.6 Å². The summed E-state index contributed by atoms with van der Waals surface area (Å²) in [6.07, 6.45) is 7.73. The molecule has 1 fully saturated rings. The Morgan fingerprint density at radius 2 is 1.88 bits per heavy atom. The highest BCUT2D eigenvalue weighted by atomic mass is 35.5. The van der Waals surface area contributed by atoms with Crippen LogP contribution in [0, 0.1) is 5.92 Å². The fraction of sp³-hybridized carbons (Fsp3) is 0.571. The molecule has 1 nitrogen and oxygen atoms in total. The summed E-state index contributed by atoms with van der Waals surface area (Å²) in [5, 5.41) is 1.22. The van der Waals surface area contributed by atoms with Crippen LogP contribution in [-0.2, 0) is 0 Å². The van der Waals surface area contributed by atoms with Gasteiger partial charge in [0.05, 0.1) is 10.0 Å². The fourth-order valence-corrected chi connectivity index (χ4v) is 3.16. The van der Waals surface area contributed by atoms with Crippen molar-refractivity contribution in [3.05, 3.63) is 33.8 Å². The van der Waals surface area contributed by atoms with Crippen molar-refractivity contribution in [3.63, 3.8) is 0 Å². The molecule has 0 spiro atoms. The Bertz CT molecular complexity index is 372. The molecule has 0 aliphatic heterocycles. The first-order valence-corrected chi connectivity index (χ1v) is 7.13. The van der Waals surface area contributed by atoms with Gasteiger partial charge in [0.1, 0.15) is 0 Å². The molecule has 2 N–H and O–H groups in total. The first-order chi connectivity index (χ1) is 8.18. The largest absolute Gasteiger partial charge is 0.324 e. The minimum Gasteiger partial charge on any atom is -0.324 e. The lowest BCUT2D eigenvalue weighted by atomic mass is 9.83. The van der Waals surface area contributed by atoms with E-state index in [9.17, 15) is 0 Å². The SMILES string of the molecule is NC(CC1CCCCC1)c1cccc(Cl)c1Cl. The van der Waals surface area contributed by atoms with E-state index in [1.165, 1.54) is 32.1 Å². The van der Waals surface area contributed by atoms with Crippen LogP contribution in [0.4, 0.5) is 0 Å². The molecular formula is C14H19Cl2N. The van der Waals surface area contributed by atoms with E-state index in [-0.39, 0.29) is 6.04 Å². The first kappa shape index (κ1) is 13.2. The summed E-state index contributed by atoms with van der Waals surface area (Å²) in [5.74, 6) is 0.758. The van der Waals surface area contributed by atoms with Crippen molar-refractivity contribution >= 4 is 23.2 Å². The summed E-state index contributed by atoms with van der Waals surface area (Å²) in [6.45, 7) is 0. The molecule has 0 amide bonds. The molecule has 0 saturated heterocycles. The highest BCUT2D eigenvalue weighted by molar-refractivity contribution is 6.42. The van der Waals surface area contributed by atoms with Crippen LogP contribution in [0.3, 0.4) is 0 Å². The standard InChI is InChI=1S/C14H19Cl2N/c15-12-8-4-7-11(14(12)16)13(17)9-10-5-2-1-3-6-10/h4,7-8,10,13H,1-3,5-6,9,17H2. The number of nitrogens with two attached hydrogens (primary N) is 1. The quantitative estimate of drug-likeness (QED) is 0.826. The van der Waals surface area contributed by atoms with Crippen LogP contribution in [0.5, 0.6) is 0 Å². The molecular weight excluding hydrogens is 253 g/mol. The molecule has 1 atom stereocenters. The molecule has 94 valence electrons. The Morgan fingerprint density at radius 3 is 2.59 bits per heavy atom. The second kappa shape index (κ2) is 6.08. The van der Waals surface area contributed by atoms with Crippen LogP contribution in [-0.4, -0.2) is 0 Å². The fourth-order valence-electron chi connectivity index (χ4n) is 2.72. The molecule has 1 aromatic carbocycles. The van der Waals surface area contributed by atoms with Gasteiger partial charge in [0.2, 0.25) is 0 Å². The van der Waals surface area contributed by atoms with Gasteiger partial charge in [0, 0.05) is 6.04 Å². The van der Waals surface area contributed by atoms with Crippen LogP contribution < -0.4 is 5.73 Å². The Kier molecular flexibility index (Phi) is 4.72. The van der Waals surface area contributed by atoms with E-state index < -0.39 is 0 Å². The number of halogens is 2. The normalized spacial score (nSPS) is 19.2. The third kappa shape index (κ3) is 3.37. The van der Waals surface area contributed by atoms with Gasteiger partial charge in [-0.05, 0) is 24.0 Å². The Hall–Kier alpha value is -0.240. The Labute approximate surface area is 113 Å². The molecule has 1 aromatic rings. The minimum atomic E-state index is 0.0179. The molecule has 1 aliphatic rings. The Balaban J connectivity index is 2.03.